The third-order valence-electron chi connectivity index (χ3n) is 3.22. The molecule has 0 aliphatic heterocycles. The maximum Gasteiger partial charge on any atom is 0.382 e. The van der Waals surface area contributed by atoms with Crippen molar-refractivity contribution in [3.63, 3.8) is 0 Å². The first-order chi connectivity index (χ1) is 12.5. The summed E-state index contributed by atoms with van der Waals surface area (Å²) in [5, 5.41) is 17.7. The Morgan fingerprint density at radius 1 is 1.04 bits per heavy atom. The van der Waals surface area contributed by atoms with Crippen molar-refractivity contribution in [2.45, 2.75) is 13.8 Å². The molecule has 0 aliphatic carbocycles. The molecule has 0 radical (unpaired) electrons. The van der Waals surface area contributed by atoms with Gasteiger partial charge in [0.1, 0.15) is 18.4 Å². The number of phenolic OH excluding ortho intramolecular Hbond substituents is 1. The van der Waals surface area contributed by atoms with Gasteiger partial charge < -0.3 is 9.84 Å². The Balaban J connectivity index is 1.78. The fourth-order valence-electron chi connectivity index (χ4n) is 2.02. The quantitative estimate of drug-likeness (QED) is 0.559. The van der Waals surface area contributed by atoms with Gasteiger partial charge in [0.2, 0.25) is 5.82 Å². The van der Waals surface area contributed by atoms with E-state index in [-0.39, 0.29) is 23.3 Å². The normalized spacial score (nSPS) is 10.8. The first-order valence-electron chi connectivity index (χ1n) is 7.41. The Morgan fingerprint density at radius 3 is 2.42 bits per heavy atom. The van der Waals surface area contributed by atoms with Gasteiger partial charge >= 0.3 is 5.97 Å². The largest absolute Gasteiger partial charge is 0.507 e. The van der Waals surface area contributed by atoms with E-state index >= 15 is 0 Å². The van der Waals surface area contributed by atoms with Crippen LogP contribution in [-0.2, 0) is 0 Å². The lowest BCUT2D eigenvalue weighted by Gasteiger charge is -2.03. The van der Waals surface area contributed by atoms with Gasteiger partial charge in [-0.1, -0.05) is 0 Å². The summed E-state index contributed by atoms with van der Waals surface area (Å²) in [5.74, 6) is -0.708. The summed E-state index contributed by atoms with van der Waals surface area (Å²) in [5.41, 5.74) is 1.86. The number of carbonyl (C=O) groups is 1. The molecular formula is C16H13N7O3. The highest BCUT2D eigenvalue weighted by Gasteiger charge is 2.14. The van der Waals surface area contributed by atoms with Crippen molar-refractivity contribution < 1.29 is 14.6 Å². The van der Waals surface area contributed by atoms with Crippen LogP contribution in [0.15, 0.2) is 47.4 Å². The van der Waals surface area contributed by atoms with Crippen LogP contribution in [0.3, 0.4) is 0 Å². The van der Waals surface area contributed by atoms with Crippen molar-refractivity contribution in [1.82, 2.24) is 24.9 Å². The third-order valence-corrected chi connectivity index (χ3v) is 3.22. The molecule has 1 N–H and O–H groups in total. The molecule has 3 rings (SSSR count). The van der Waals surface area contributed by atoms with Crippen molar-refractivity contribution in [3.8, 4) is 11.5 Å². The van der Waals surface area contributed by atoms with E-state index in [0.717, 1.165) is 6.33 Å². The molecule has 10 heteroatoms. The fourth-order valence-corrected chi connectivity index (χ4v) is 2.02. The molecule has 1 aromatic carbocycles. The van der Waals surface area contributed by atoms with Gasteiger partial charge in [-0.15, -0.1) is 10.2 Å². The van der Waals surface area contributed by atoms with Crippen LogP contribution in [0.25, 0.3) is 0 Å². The van der Waals surface area contributed by atoms with Gasteiger partial charge in [0.05, 0.1) is 18.1 Å². The number of phenols is 1. The molecule has 0 saturated carbocycles. The highest BCUT2D eigenvalue weighted by Crippen LogP contribution is 2.27. The molecule has 26 heavy (non-hydrogen) atoms. The molecule has 2 aromatic heterocycles. The van der Waals surface area contributed by atoms with Crippen LogP contribution in [0, 0.1) is 13.8 Å². The van der Waals surface area contributed by atoms with Crippen molar-refractivity contribution in [2.24, 2.45) is 10.2 Å². The lowest BCUT2D eigenvalue weighted by Crippen LogP contribution is -2.13. The zero-order chi connectivity index (χ0) is 18.5. The van der Waals surface area contributed by atoms with Crippen LogP contribution in [0.5, 0.6) is 11.5 Å². The predicted molar refractivity (Wildman–Crippen MR) is 88.6 cm³/mol. The van der Waals surface area contributed by atoms with E-state index in [9.17, 15) is 9.90 Å². The number of rotatable bonds is 4. The van der Waals surface area contributed by atoms with Gasteiger partial charge in [-0.2, -0.15) is 9.97 Å². The molecule has 130 valence electrons. The second-order valence-corrected chi connectivity index (χ2v) is 5.20. The number of hydrogen-bond donors (Lipinski definition) is 1. The van der Waals surface area contributed by atoms with E-state index in [2.05, 4.69) is 35.1 Å². The average molecular weight is 351 g/mol. The summed E-state index contributed by atoms with van der Waals surface area (Å²) in [7, 11) is 0. The Morgan fingerprint density at radius 2 is 1.73 bits per heavy atom. The molecule has 3 aromatic rings. The number of carbonyl (C=O) groups excluding carboxylic acids is 1. The highest BCUT2D eigenvalue weighted by atomic mass is 16.5. The van der Waals surface area contributed by atoms with Gasteiger partial charge in [0.15, 0.2) is 5.75 Å². The van der Waals surface area contributed by atoms with Gasteiger partial charge in [-0.3, -0.25) is 0 Å². The minimum atomic E-state index is -0.796. The Labute approximate surface area is 147 Å². The lowest BCUT2D eigenvalue weighted by molar-refractivity contribution is 0.0720. The van der Waals surface area contributed by atoms with Crippen LogP contribution in [-0.4, -0.2) is 36.0 Å². The first-order valence-corrected chi connectivity index (χ1v) is 7.41. The smallest absolute Gasteiger partial charge is 0.382 e. The van der Waals surface area contributed by atoms with E-state index in [0.29, 0.717) is 16.8 Å². The van der Waals surface area contributed by atoms with Crippen LogP contribution in [0.1, 0.15) is 21.7 Å². The van der Waals surface area contributed by atoms with E-state index in [1.54, 1.807) is 26.0 Å². The maximum absolute atomic E-state index is 12.0. The number of benzene rings is 1. The number of ether oxygens (including phenoxy) is 1. The minimum absolute atomic E-state index is 0.0559. The zero-order valence-corrected chi connectivity index (χ0v) is 13.9. The molecule has 0 fully saturated rings. The van der Waals surface area contributed by atoms with E-state index < -0.39 is 5.97 Å². The number of aromatic hydroxyl groups is 1. The van der Waals surface area contributed by atoms with Crippen LogP contribution >= 0.6 is 0 Å². The van der Waals surface area contributed by atoms with E-state index in [4.69, 9.17) is 4.74 Å². The van der Waals surface area contributed by atoms with E-state index in [1.165, 1.54) is 18.7 Å². The van der Waals surface area contributed by atoms with Crippen molar-refractivity contribution in [3.05, 3.63) is 54.1 Å². The van der Waals surface area contributed by atoms with Crippen LogP contribution < -0.4 is 4.74 Å². The Bertz CT molecular complexity index is 954. The molecular weight excluding hydrogens is 338 g/mol. The van der Waals surface area contributed by atoms with Crippen molar-refractivity contribution in [1.29, 1.82) is 0 Å². The zero-order valence-electron chi connectivity index (χ0n) is 13.9. The summed E-state index contributed by atoms with van der Waals surface area (Å²) < 4.78 is 5.05. The van der Waals surface area contributed by atoms with Gasteiger partial charge in [0, 0.05) is 0 Å². The minimum Gasteiger partial charge on any atom is -0.507 e. The van der Waals surface area contributed by atoms with Crippen molar-refractivity contribution >= 4 is 17.6 Å². The predicted octanol–water partition coefficient (Wildman–Crippen LogP) is 2.62. The number of esters is 1. The summed E-state index contributed by atoms with van der Waals surface area (Å²) in [6, 6.07) is 3.33. The topological polar surface area (TPSA) is 136 Å². The standard InChI is InChI=1S/C16H13N7O3/c1-9-3-11(4-10(2)13(9)24)22-23-16-20-8-19-14(21-16)15(25)26-12-5-17-7-18-6-12/h3-8,24H,1-2H3/b23-22+. The molecule has 0 aliphatic rings. The number of azo groups is 1. The fraction of sp³-hybridized carbons (Fsp3) is 0.125. The molecule has 0 saturated heterocycles. The summed E-state index contributed by atoms with van der Waals surface area (Å²) >= 11 is 0. The molecule has 0 amide bonds. The summed E-state index contributed by atoms with van der Waals surface area (Å²) in [6.07, 6.45) is 5.11. The molecule has 0 atom stereocenters. The van der Waals surface area contributed by atoms with Crippen molar-refractivity contribution in [2.75, 3.05) is 0 Å². The van der Waals surface area contributed by atoms with Gasteiger partial charge in [-0.25, -0.2) is 19.7 Å². The van der Waals surface area contributed by atoms with Gasteiger partial charge in [-0.05, 0) is 37.1 Å². The first kappa shape index (κ1) is 17.0. The molecule has 2 heterocycles. The lowest BCUT2D eigenvalue weighted by atomic mass is 10.1. The summed E-state index contributed by atoms with van der Waals surface area (Å²) in [6.45, 7) is 3.51. The maximum atomic E-state index is 12.0. The monoisotopic (exact) mass is 351 g/mol. The average Bonchev–Trinajstić information content (AvgIpc) is 2.65. The molecule has 0 bridgehead atoms. The second kappa shape index (κ2) is 7.38. The number of aromatic nitrogens is 5. The molecule has 10 nitrogen and oxygen atoms in total. The number of aryl methyl sites for hydroxylation is 2. The second-order valence-electron chi connectivity index (χ2n) is 5.20. The van der Waals surface area contributed by atoms with Crippen LogP contribution in [0.2, 0.25) is 0 Å². The summed E-state index contributed by atoms with van der Waals surface area (Å²) in [4.78, 5) is 31.0. The molecule has 0 unspecified atom stereocenters. The van der Waals surface area contributed by atoms with Gasteiger partial charge in [0.25, 0.3) is 5.95 Å². The van der Waals surface area contributed by atoms with E-state index in [1.807, 2.05) is 0 Å². The SMILES string of the molecule is Cc1cc(/N=N/c2ncnc(C(=O)Oc3cncnc3)n2)cc(C)c1O. The number of hydrogen-bond acceptors (Lipinski definition) is 10. The Hall–Kier alpha value is -3.82. The number of nitrogens with zero attached hydrogens (tertiary/aromatic N) is 7. The third kappa shape index (κ3) is 3.98. The highest BCUT2D eigenvalue weighted by molar-refractivity contribution is 5.87. The van der Waals surface area contributed by atoms with Crippen LogP contribution in [0.4, 0.5) is 11.6 Å². The molecule has 0 spiro atoms. The Kier molecular flexibility index (Phi) is 4.83.